The number of methoxy groups -OCH3 is 1. The van der Waals surface area contributed by atoms with E-state index in [-0.39, 0.29) is 5.56 Å². The standard InChI is InChI=1S/C12H10FN3O2/c1-18-12-9(3-2-6-14-12)16-11(17)8-4-5-10(13)15-7-8/h2-7H,1H3,(H,16,17). The van der Waals surface area contributed by atoms with Crippen molar-refractivity contribution >= 4 is 11.6 Å². The molecule has 2 aromatic heterocycles. The molecule has 1 N–H and O–H groups in total. The van der Waals surface area contributed by atoms with Crippen molar-refractivity contribution in [2.75, 3.05) is 12.4 Å². The molecule has 0 spiro atoms. The number of carbonyl (C=O) groups is 1. The molecule has 0 saturated heterocycles. The van der Waals surface area contributed by atoms with Crippen LogP contribution in [0.3, 0.4) is 0 Å². The minimum Gasteiger partial charge on any atom is -0.480 e. The Labute approximate surface area is 103 Å². The van der Waals surface area contributed by atoms with Gasteiger partial charge in [-0.2, -0.15) is 4.39 Å². The molecule has 0 aromatic carbocycles. The number of pyridine rings is 2. The van der Waals surface area contributed by atoms with Gasteiger partial charge in [-0.15, -0.1) is 0 Å². The van der Waals surface area contributed by atoms with Gasteiger partial charge in [-0.3, -0.25) is 4.79 Å². The van der Waals surface area contributed by atoms with Crippen LogP contribution in [0.4, 0.5) is 10.1 Å². The Hall–Kier alpha value is -2.50. The first-order valence-electron chi connectivity index (χ1n) is 5.12. The highest BCUT2D eigenvalue weighted by atomic mass is 19.1. The van der Waals surface area contributed by atoms with Crippen molar-refractivity contribution in [3.05, 3.63) is 48.2 Å². The van der Waals surface area contributed by atoms with E-state index in [2.05, 4.69) is 15.3 Å². The number of carbonyl (C=O) groups excluding carboxylic acids is 1. The summed E-state index contributed by atoms with van der Waals surface area (Å²) in [5.41, 5.74) is 0.691. The Morgan fingerprint density at radius 1 is 1.33 bits per heavy atom. The fraction of sp³-hybridized carbons (Fsp3) is 0.0833. The van der Waals surface area contributed by atoms with Crippen LogP contribution < -0.4 is 10.1 Å². The van der Waals surface area contributed by atoms with Gasteiger partial charge in [-0.1, -0.05) is 0 Å². The lowest BCUT2D eigenvalue weighted by Crippen LogP contribution is -2.13. The molecule has 2 aromatic rings. The first-order chi connectivity index (χ1) is 8.70. The van der Waals surface area contributed by atoms with E-state index in [0.29, 0.717) is 11.6 Å². The van der Waals surface area contributed by atoms with Crippen LogP contribution in [0.1, 0.15) is 10.4 Å². The molecule has 6 heteroatoms. The van der Waals surface area contributed by atoms with Gasteiger partial charge in [0.15, 0.2) is 0 Å². The van der Waals surface area contributed by atoms with Crippen LogP contribution in [-0.2, 0) is 0 Å². The van der Waals surface area contributed by atoms with Crippen LogP contribution in [-0.4, -0.2) is 23.0 Å². The predicted molar refractivity (Wildman–Crippen MR) is 62.9 cm³/mol. The van der Waals surface area contributed by atoms with E-state index in [0.717, 1.165) is 12.3 Å². The van der Waals surface area contributed by atoms with Crippen molar-refractivity contribution in [1.29, 1.82) is 0 Å². The smallest absolute Gasteiger partial charge is 0.257 e. The molecular weight excluding hydrogens is 237 g/mol. The van der Waals surface area contributed by atoms with E-state index in [1.165, 1.54) is 13.2 Å². The number of aromatic nitrogens is 2. The van der Waals surface area contributed by atoms with E-state index in [9.17, 15) is 9.18 Å². The lowest BCUT2D eigenvalue weighted by Gasteiger charge is -2.08. The SMILES string of the molecule is COc1ncccc1NC(=O)c1ccc(F)nc1. The monoisotopic (exact) mass is 247 g/mol. The second-order valence-electron chi connectivity index (χ2n) is 3.38. The summed E-state index contributed by atoms with van der Waals surface area (Å²) in [6.07, 6.45) is 2.71. The summed E-state index contributed by atoms with van der Waals surface area (Å²) in [6, 6.07) is 5.79. The van der Waals surface area contributed by atoms with E-state index < -0.39 is 11.9 Å². The number of halogens is 1. The Bertz CT molecular complexity index is 558. The maximum Gasteiger partial charge on any atom is 0.257 e. The second kappa shape index (κ2) is 5.22. The summed E-state index contributed by atoms with van der Waals surface area (Å²) < 4.78 is 17.6. The van der Waals surface area contributed by atoms with Gasteiger partial charge in [0, 0.05) is 12.4 Å². The summed E-state index contributed by atoms with van der Waals surface area (Å²) in [7, 11) is 1.46. The summed E-state index contributed by atoms with van der Waals surface area (Å²) in [6.45, 7) is 0. The third-order valence-electron chi connectivity index (χ3n) is 2.20. The number of nitrogens with zero attached hydrogens (tertiary/aromatic N) is 2. The van der Waals surface area contributed by atoms with Gasteiger partial charge < -0.3 is 10.1 Å². The molecule has 0 bridgehead atoms. The second-order valence-corrected chi connectivity index (χ2v) is 3.38. The molecule has 18 heavy (non-hydrogen) atoms. The molecule has 0 aliphatic carbocycles. The zero-order chi connectivity index (χ0) is 13.0. The Morgan fingerprint density at radius 2 is 2.17 bits per heavy atom. The topological polar surface area (TPSA) is 64.1 Å². The highest BCUT2D eigenvalue weighted by molar-refractivity contribution is 6.04. The summed E-state index contributed by atoms with van der Waals surface area (Å²) in [5, 5.41) is 2.61. The molecule has 0 aliphatic heterocycles. The van der Waals surface area contributed by atoms with Crippen LogP contribution in [0.25, 0.3) is 0 Å². The van der Waals surface area contributed by atoms with Crippen LogP contribution >= 0.6 is 0 Å². The van der Waals surface area contributed by atoms with Crippen molar-refractivity contribution in [3.8, 4) is 5.88 Å². The molecule has 0 saturated carbocycles. The number of ether oxygens (including phenoxy) is 1. The summed E-state index contributed by atoms with van der Waals surface area (Å²) in [5.74, 6) is -0.736. The molecule has 2 heterocycles. The summed E-state index contributed by atoms with van der Waals surface area (Å²) in [4.78, 5) is 19.2. The molecule has 92 valence electrons. The van der Waals surface area contributed by atoms with Crippen molar-refractivity contribution in [1.82, 2.24) is 9.97 Å². The van der Waals surface area contributed by atoms with Crippen molar-refractivity contribution in [3.63, 3.8) is 0 Å². The van der Waals surface area contributed by atoms with Gasteiger partial charge >= 0.3 is 0 Å². The van der Waals surface area contributed by atoms with Crippen LogP contribution in [0, 0.1) is 5.95 Å². The lowest BCUT2D eigenvalue weighted by atomic mass is 10.2. The third-order valence-corrected chi connectivity index (χ3v) is 2.20. The zero-order valence-electron chi connectivity index (χ0n) is 9.55. The fourth-order valence-corrected chi connectivity index (χ4v) is 1.35. The Balaban J connectivity index is 2.18. The quantitative estimate of drug-likeness (QED) is 0.841. The van der Waals surface area contributed by atoms with Crippen LogP contribution in [0.5, 0.6) is 5.88 Å². The van der Waals surface area contributed by atoms with Crippen LogP contribution in [0.15, 0.2) is 36.7 Å². The van der Waals surface area contributed by atoms with E-state index in [1.807, 2.05) is 0 Å². The van der Waals surface area contributed by atoms with Gasteiger partial charge in [0.1, 0.15) is 5.69 Å². The van der Waals surface area contributed by atoms with E-state index >= 15 is 0 Å². The van der Waals surface area contributed by atoms with Crippen molar-refractivity contribution in [2.45, 2.75) is 0 Å². The number of hydrogen-bond acceptors (Lipinski definition) is 4. The number of amides is 1. The molecule has 0 unspecified atom stereocenters. The molecule has 0 aliphatic rings. The van der Waals surface area contributed by atoms with Crippen molar-refractivity contribution < 1.29 is 13.9 Å². The van der Waals surface area contributed by atoms with Gasteiger partial charge in [-0.25, -0.2) is 9.97 Å². The Morgan fingerprint density at radius 3 is 2.83 bits per heavy atom. The first kappa shape index (κ1) is 12.0. The number of hydrogen-bond donors (Lipinski definition) is 1. The molecule has 1 amide bonds. The van der Waals surface area contributed by atoms with Gasteiger partial charge in [0.25, 0.3) is 5.91 Å². The van der Waals surface area contributed by atoms with Gasteiger partial charge in [-0.05, 0) is 24.3 Å². The summed E-state index contributed by atoms with van der Waals surface area (Å²) >= 11 is 0. The average Bonchev–Trinajstić information content (AvgIpc) is 2.40. The zero-order valence-corrected chi connectivity index (χ0v) is 9.55. The normalized spacial score (nSPS) is 9.89. The van der Waals surface area contributed by atoms with Gasteiger partial charge in [0.05, 0.1) is 12.7 Å². The maximum absolute atomic E-state index is 12.6. The fourth-order valence-electron chi connectivity index (χ4n) is 1.35. The molecule has 0 atom stereocenters. The maximum atomic E-state index is 12.6. The third kappa shape index (κ3) is 2.60. The van der Waals surface area contributed by atoms with E-state index in [4.69, 9.17) is 4.74 Å². The first-order valence-corrected chi connectivity index (χ1v) is 5.12. The largest absolute Gasteiger partial charge is 0.480 e. The lowest BCUT2D eigenvalue weighted by molar-refractivity contribution is 0.102. The number of nitrogens with one attached hydrogen (secondary N) is 1. The molecular formula is C12H10FN3O2. The minimum absolute atomic E-state index is 0.252. The van der Waals surface area contributed by atoms with Crippen LogP contribution in [0.2, 0.25) is 0 Å². The Kier molecular flexibility index (Phi) is 3.47. The molecule has 0 radical (unpaired) electrons. The predicted octanol–water partition coefficient (Wildman–Crippen LogP) is 1.88. The number of anilines is 1. The molecule has 0 fully saturated rings. The van der Waals surface area contributed by atoms with Gasteiger partial charge in [0.2, 0.25) is 11.8 Å². The minimum atomic E-state index is -0.634. The van der Waals surface area contributed by atoms with E-state index in [1.54, 1.807) is 18.3 Å². The van der Waals surface area contributed by atoms with Crippen molar-refractivity contribution in [2.24, 2.45) is 0 Å². The highest BCUT2D eigenvalue weighted by Crippen LogP contribution is 2.20. The molecule has 2 rings (SSSR count). The number of rotatable bonds is 3. The average molecular weight is 247 g/mol. The molecule has 5 nitrogen and oxygen atoms in total. The highest BCUT2D eigenvalue weighted by Gasteiger charge is 2.10.